The first-order valence-corrected chi connectivity index (χ1v) is 9.96. The highest BCUT2D eigenvalue weighted by molar-refractivity contribution is 14.0. The third-order valence-electron chi connectivity index (χ3n) is 4.25. The van der Waals surface area contributed by atoms with Gasteiger partial charge < -0.3 is 20.7 Å². The number of aliphatic imine (C=N–C) groups is 1. The molecule has 0 aliphatic carbocycles. The quantitative estimate of drug-likeness (QED) is 0.208. The Labute approximate surface area is 182 Å². The standard InChI is InChI=1S/C19H39N5O2.HI/c1-7-20-17(21-10-11-22-18(25)26-19(4,5)6)23-14-16(15(2)3)24-12-8-9-13-24;/h15-16H,7-14H2,1-6H3,(H,22,25)(H2,20,21,23);1H. The second-order valence-electron chi connectivity index (χ2n) is 8.13. The molecule has 0 aromatic carbocycles. The number of hydrogen-bond acceptors (Lipinski definition) is 4. The minimum atomic E-state index is -0.477. The predicted octanol–water partition coefficient (Wildman–Crippen LogP) is 2.80. The number of alkyl carbamates (subject to hydrolysis) is 1. The number of carbonyl (C=O) groups is 1. The molecule has 1 aliphatic rings. The molecule has 1 heterocycles. The number of guanidine groups is 1. The van der Waals surface area contributed by atoms with E-state index in [-0.39, 0.29) is 24.0 Å². The van der Waals surface area contributed by atoms with E-state index >= 15 is 0 Å². The lowest BCUT2D eigenvalue weighted by atomic mass is 10.0. The highest BCUT2D eigenvalue weighted by Crippen LogP contribution is 2.17. The summed E-state index contributed by atoms with van der Waals surface area (Å²) in [5.41, 5.74) is -0.477. The Morgan fingerprint density at radius 2 is 1.70 bits per heavy atom. The number of ether oxygens (including phenoxy) is 1. The summed E-state index contributed by atoms with van der Waals surface area (Å²) in [4.78, 5) is 19.0. The topological polar surface area (TPSA) is 78.0 Å². The van der Waals surface area contributed by atoms with Gasteiger partial charge >= 0.3 is 6.09 Å². The Balaban J connectivity index is 0.00000676. The van der Waals surface area contributed by atoms with Gasteiger partial charge in [0.25, 0.3) is 0 Å². The minimum absolute atomic E-state index is 0. The van der Waals surface area contributed by atoms with Gasteiger partial charge in [0.05, 0.1) is 6.54 Å². The number of nitrogens with one attached hydrogen (secondary N) is 3. The average Bonchev–Trinajstić information content (AvgIpc) is 3.03. The highest BCUT2D eigenvalue weighted by atomic mass is 127. The molecule has 1 aliphatic heterocycles. The van der Waals surface area contributed by atoms with Crippen LogP contribution in [0.2, 0.25) is 0 Å². The monoisotopic (exact) mass is 497 g/mol. The number of rotatable bonds is 8. The smallest absolute Gasteiger partial charge is 0.407 e. The summed E-state index contributed by atoms with van der Waals surface area (Å²) >= 11 is 0. The third kappa shape index (κ3) is 11.6. The molecule has 1 fully saturated rings. The van der Waals surface area contributed by atoms with E-state index in [9.17, 15) is 4.79 Å². The van der Waals surface area contributed by atoms with Crippen molar-refractivity contribution < 1.29 is 9.53 Å². The van der Waals surface area contributed by atoms with Gasteiger partial charge in [-0.05, 0) is 59.5 Å². The van der Waals surface area contributed by atoms with E-state index in [2.05, 4.69) is 41.6 Å². The van der Waals surface area contributed by atoms with Gasteiger partial charge in [-0.2, -0.15) is 0 Å². The molecule has 0 radical (unpaired) electrons. The molecule has 0 bridgehead atoms. The molecule has 0 aromatic rings. The van der Waals surface area contributed by atoms with Crippen LogP contribution in [0, 0.1) is 5.92 Å². The van der Waals surface area contributed by atoms with Crippen LogP contribution in [0.5, 0.6) is 0 Å². The molecule has 8 heteroatoms. The summed E-state index contributed by atoms with van der Waals surface area (Å²) in [6, 6.07) is 0.479. The first-order valence-electron chi connectivity index (χ1n) is 9.96. The van der Waals surface area contributed by atoms with Gasteiger partial charge in [-0.1, -0.05) is 13.8 Å². The summed E-state index contributed by atoms with van der Waals surface area (Å²) in [6.45, 7) is 17.2. The second kappa shape index (κ2) is 13.4. The van der Waals surface area contributed by atoms with Crippen LogP contribution in [-0.2, 0) is 4.74 Å². The van der Waals surface area contributed by atoms with E-state index < -0.39 is 11.7 Å². The lowest BCUT2D eigenvalue weighted by molar-refractivity contribution is 0.0529. The molecule has 0 aromatic heterocycles. The van der Waals surface area contributed by atoms with Gasteiger partial charge in [-0.3, -0.25) is 9.89 Å². The fourth-order valence-corrected chi connectivity index (χ4v) is 3.01. The van der Waals surface area contributed by atoms with Crippen molar-refractivity contribution in [2.24, 2.45) is 10.9 Å². The van der Waals surface area contributed by atoms with Crippen LogP contribution in [0.1, 0.15) is 54.4 Å². The number of hydrogen-bond donors (Lipinski definition) is 3. The maximum atomic E-state index is 11.7. The lowest BCUT2D eigenvalue weighted by Crippen LogP contribution is -2.44. The van der Waals surface area contributed by atoms with E-state index in [1.165, 1.54) is 25.9 Å². The molecule has 160 valence electrons. The summed E-state index contributed by atoms with van der Waals surface area (Å²) in [5.74, 6) is 1.37. The Bertz CT molecular complexity index is 446. The summed E-state index contributed by atoms with van der Waals surface area (Å²) < 4.78 is 5.23. The molecule has 1 rings (SSSR count). The van der Waals surface area contributed by atoms with Crippen LogP contribution in [-0.4, -0.2) is 67.9 Å². The molecule has 1 amide bonds. The highest BCUT2D eigenvalue weighted by Gasteiger charge is 2.24. The Morgan fingerprint density at radius 1 is 1.11 bits per heavy atom. The predicted molar refractivity (Wildman–Crippen MR) is 123 cm³/mol. The van der Waals surface area contributed by atoms with Crippen molar-refractivity contribution in [3.05, 3.63) is 0 Å². The zero-order chi connectivity index (χ0) is 19.6. The zero-order valence-electron chi connectivity index (χ0n) is 17.9. The number of likely N-dealkylation sites (tertiary alicyclic amines) is 1. The van der Waals surface area contributed by atoms with Crippen LogP contribution in [0.25, 0.3) is 0 Å². The molecule has 1 unspecified atom stereocenters. The van der Waals surface area contributed by atoms with Gasteiger partial charge in [-0.25, -0.2) is 4.79 Å². The molecular formula is C19H40IN5O2. The average molecular weight is 497 g/mol. The first-order chi connectivity index (χ1) is 12.2. The summed E-state index contributed by atoms with van der Waals surface area (Å²) in [7, 11) is 0. The number of nitrogens with zero attached hydrogens (tertiary/aromatic N) is 2. The van der Waals surface area contributed by atoms with E-state index in [1.807, 2.05) is 20.8 Å². The SMILES string of the molecule is CCNC(=NCC(C(C)C)N1CCCC1)NCCNC(=O)OC(C)(C)C.I. The molecule has 7 nitrogen and oxygen atoms in total. The largest absolute Gasteiger partial charge is 0.444 e. The van der Waals surface area contributed by atoms with Gasteiger partial charge in [0, 0.05) is 25.7 Å². The van der Waals surface area contributed by atoms with Gasteiger partial charge in [0.15, 0.2) is 5.96 Å². The summed E-state index contributed by atoms with van der Waals surface area (Å²) in [6.07, 6.45) is 2.19. The first kappa shape index (κ1) is 26.2. The van der Waals surface area contributed by atoms with Crippen molar-refractivity contribution in [1.29, 1.82) is 0 Å². The molecule has 27 heavy (non-hydrogen) atoms. The molecule has 0 saturated carbocycles. The van der Waals surface area contributed by atoms with Gasteiger partial charge in [0.2, 0.25) is 0 Å². The van der Waals surface area contributed by atoms with E-state index in [1.54, 1.807) is 0 Å². The van der Waals surface area contributed by atoms with Crippen molar-refractivity contribution in [1.82, 2.24) is 20.9 Å². The number of amides is 1. The van der Waals surface area contributed by atoms with Crippen LogP contribution in [0.3, 0.4) is 0 Å². The van der Waals surface area contributed by atoms with Crippen molar-refractivity contribution in [2.45, 2.75) is 66.0 Å². The Hall–Kier alpha value is -0.770. The fraction of sp³-hybridized carbons (Fsp3) is 0.895. The third-order valence-corrected chi connectivity index (χ3v) is 4.25. The number of halogens is 1. The maximum Gasteiger partial charge on any atom is 0.407 e. The van der Waals surface area contributed by atoms with Crippen LogP contribution in [0.15, 0.2) is 4.99 Å². The van der Waals surface area contributed by atoms with E-state index in [0.29, 0.717) is 25.0 Å². The van der Waals surface area contributed by atoms with Gasteiger partial charge in [-0.15, -0.1) is 24.0 Å². The molecule has 3 N–H and O–H groups in total. The Kier molecular flexibility index (Phi) is 13.0. The molecular weight excluding hydrogens is 457 g/mol. The fourth-order valence-electron chi connectivity index (χ4n) is 3.01. The maximum absolute atomic E-state index is 11.7. The van der Waals surface area contributed by atoms with Crippen LogP contribution < -0.4 is 16.0 Å². The van der Waals surface area contributed by atoms with Crippen molar-refractivity contribution in [2.75, 3.05) is 39.3 Å². The Morgan fingerprint density at radius 3 is 2.22 bits per heavy atom. The zero-order valence-corrected chi connectivity index (χ0v) is 20.3. The molecule has 0 spiro atoms. The van der Waals surface area contributed by atoms with Crippen LogP contribution >= 0.6 is 24.0 Å². The number of carbonyl (C=O) groups excluding carboxylic acids is 1. The minimum Gasteiger partial charge on any atom is -0.444 e. The van der Waals surface area contributed by atoms with E-state index in [4.69, 9.17) is 9.73 Å². The van der Waals surface area contributed by atoms with Crippen molar-refractivity contribution in [3.8, 4) is 0 Å². The normalized spacial score (nSPS) is 16.6. The van der Waals surface area contributed by atoms with Crippen LogP contribution in [0.4, 0.5) is 4.79 Å². The van der Waals surface area contributed by atoms with Crippen molar-refractivity contribution in [3.63, 3.8) is 0 Å². The van der Waals surface area contributed by atoms with E-state index in [0.717, 1.165) is 19.0 Å². The second-order valence-corrected chi connectivity index (χ2v) is 8.13. The lowest BCUT2D eigenvalue weighted by Gasteiger charge is -2.29. The summed E-state index contributed by atoms with van der Waals surface area (Å²) in [5, 5.41) is 9.29. The van der Waals surface area contributed by atoms with Crippen molar-refractivity contribution >= 4 is 36.0 Å². The molecule has 1 atom stereocenters. The van der Waals surface area contributed by atoms with Gasteiger partial charge in [0.1, 0.15) is 5.60 Å². The molecule has 1 saturated heterocycles.